The van der Waals surface area contributed by atoms with Crippen LogP contribution in [0, 0.1) is 5.92 Å². The molecule has 0 bridgehead atoms. The lowest BCUT2D eigenvalue weighted by Gasteiger charge is -2.46. The first kappa shape index (κ1) is 21.4. The maximum Gasteiger partial charge on any atom is 0.317 e. The van der Waals surface area contributed by atoms with Gasteiger partial charge < -0.3 is 24.6 Å². The summed E-state index contributed by atoms with van der Waals surface area (Å²) >= 11 is 0. The van der Waals surface area contributed by atoms with E-state index in [1.807, 2.05) is 29.2 Å². The molecule has 2 heterocycles. The van der Waals surface area contributed by atoms with Gasteiger partial charge in [-0.25, -0.2) is 4.79 Å². The summed E-state index contributed by atoms with van der Waals surface area (Å²) < 4.78 is 11.3. The van der Waals surface area contributed by atoms with E-state index in [1.165, 1.54) is 0 Å². The summed E-state index contributed by atoms with van der Waals surface area (Å²) in [5, 5.41) is 3.00. The quantitative estimate of drug-likeness (QED) is 0.821. The van der Waals surface area contributed by atoms with Crippen LogP contribution >= 0.6 is 0 Å². The third-order valence-corrected chi connectivity index (χ3v) is 6.12. The maximum atomic E-state index is 12.5. The van der Waals surface area contributed by atoms with E-state index in [4.69, 9.17) is 9.47 Å². The molecule has 29 heavy (non-hydrogen) atoms. The molecular formula is C22H33N3O4. The summed E-state index contributed by atoms with van der Waals surface area (Å²) in [6.07, 6.45) is 4.09. The number of methoxy groups -OCH3 is 1. The van der Waals surface area contributed by atoms with Crippen LogP contribution in [0.4, 0.5) is 4.79 Å². The molecule has 2 aliphatic heterocycles. The summed E-state index contributed by atoms with van der Waals surface area (Å²) in [5.41, 5.74) is 0.860. The molecular weight excluding hydrogens is 370 g/mol. The number of rotatable bonds is 5. The Morgan fingerprint density at radius 1 is 1.24 bits per heavy atom. The number of urea groups is 1. The van der Waals surface area contributed by atoms with Crippen molar-refractivity contribution in [2.24, 2.45) is 5.92 Å². The largest absolute Gasteiger partial charge is 0.497 e. The molecule has 0 radical (unpaired) electrons. The van der Waals surface area contributed by atoms with Crippen LogP contribution in [0.5, 0.6) is 5.75 Å². The van der Waals surface area contributed by atoms with Gasteiger partial charge in [0.15, 0.2) is 0 Å². The molecule has 2 aliphatic rings. The van der Waals surface area contributed by atoms with Crippen molar-refractivity contribution >= 4 is 11.9 Å². The van der Waals surface area contributed by atoms with Gasteiger partial charge in [0.1, 0.15) is 5.75 Å². The van der Waals surface area contributed by atoms with Crippen LogP contribution in [-0.4, -0.2) is 68.2 Å². The Morgan fingerprint density at radius 3 is 2.55 bits per heavy atom. The van der Waals surface area contributed by atoms with Crippen LogP contribution in [0.15, 0.2) is 24.3 Å². The molecule has 0 aliphatic carbocycles. The van der Waals surface area contributed by atoms with Crippen LogP contribution in [0.1, 0.15) is 37.7 Å². The minimum absolute atomic E-state index is 0.0363. The zero-order valence-electron chi connectivity index (χ0n) is 17.8. The van der Waals surface area contributed by atoms with Crippen LogP contribution in [-0.2, 0) is 16.1 Å². The molecule has 3 rings (SSSR count). The van der Waals surface area contributed by atoms with E-state index in [1.54, 1.807) is 26.1 Å². The second kappa shape index (κ2) is 9.48. The minimum atomic E-state index is -0.178. The van der Waals surface area contributed by atoms with Crippen LogP contribution in [0.2, 0.25) is 0 Å². The Balaban J connectivity index is 1.46. The standard InChI is InChI=1S/C22H33N3O4/c1-24(2)20(26)14-18-8-13-29-22(15-18)9-11-25(12-10-22)21(27)23-16-17-4-6-19(28-3)7-5-17/h4-7,18H,8-16H2,1-3H3,(H,23,27). The zero-order valence-corrected chi connectivity index (χ0v) is 17.8. The molecule has 1 atom stereocenters. The van der Waals surface area contributed by atoms with Gasteiger partial charge in [-0.2, -0.15) is 0 Å². The highest BCUT2D eigenvalue weighted by molar-refractivity contribution is 5.76. The Morgan fingerprint density at radius 2 is 1.93 bits per heavy atom. The molecule has 7 heteroatoms. The fourth-order valence-electron chi connectivity index (χ4n) is 4.23. The number of ether oxygens (including phenoxy) is 2. The van der Waals surface area contributed by atoms with Crippen molar-refractivity contribution in [3.63, 3.8) is 0 Å². The third kappa shape index (κ3) is 5.63. The van der Waals surface area contributed by atoms with Gasteiger partial charge in [0.05, 0.1) is 12.7 Å². The third-order valence-electron chi connectivity index (χ3n) is 6.12. The fourth-order valence-corrected chi connectivity index (χ4v) is 4.23. The van der Waals surface area contributed by atoms with E-state index in [0.717, 1.165) is 37.0 Å². The van der Waals surface area contributed by atoms with E-state index in [-0.39, 0.29) is 17.5 Å². The average Bonchev–Trinajstić information content (AvgIpc) is 2.73. The van der Waals surface area contributed by atoms with Gasteiger partial charge in [-0.05, 0) is 49.3 Å². The number of carbonyl (C=O) groups is 2. The normalized spacial score (nSPS) is 20.9. The van der Waals surface area contributed by atoms with Crippen molar-refractivity contribution < 1.29 is 19.1 Å². The highest BCUT2D eigenvalue weighted by atomic mass is 16.5. The summed E-state index contributed by atoms with van der Waals surface area (Å²) in [6.45, 7) is 2.57. The lowest BCUT2D eigenvalue weighted by atomic mass is 9.78. The van der Waals surface area contributed by atoms with Crippen LogP contribution in [0.25, 0.3) is 0 Å². The highest BCUT2D eigenvalue weighted by Crippen LogP contribution is 2.38. The number of nitrogens with zero attached hydrogens (tertiary/aromatic N) is 2. The SMILES string of the molecule is COc1ccc(CNC(=O)N2CCC3(CC2)CC(CC(=O)N(C)C)CCO3)cc1. The monoisotopic (exact) mass is 403 g/mol. The lowest BCUT2D eigenvalue weighted by Crippen LogP contribution is -2.53. The van der Waals surface area contributed by atoms with Gasteiger partial charge in [-0.15, -0.1) is 0 Å². The van der Waals surface area contributed by atoms with E-state index >= 15 is 0 Å². The molecule has 2 saturated heterocycles. The van der Waals surface area contributed by atoms with Crippen LogP contribution < -0.4 is 10.1 Å². The molecule has 0 saturated carbocycles. The first-order chi connectivity index (χ1) is 13.9. The predicted octanol–water partition coefficient (Wildman–Crippen LogP) is 2.64. The van der Waals surface area contributed by atoms with Crippen molar-refractivity contribution in [3.8, 4) is 5.75 Å². The Labute approximate surface area is 173 Å². The number of nitrogens with one attached hydrogen (secondary N) is 1. The number of amides is 3. The van der Waals surface area contributed by atoms with Crippen molar-refractivity contribution in [1.82, 2.24) is 15.1 Å². The number of likely N-dealkylation sites (tertiary alicyclic amines) is 1. The van der Waals surface area contributed by atoms with Crippen molar-refractivity contribution in [3.05, 3.63) is 29.8 Å². The predicted molar refractivity (Wildman–Crippen MR) is 111 cm³/mol. The van der Waals surface area contributed by atoms with E-state index in [0.29, 0.717) is 38.6 Å². The van der Waals surface area contributed by atoms with Gasteiger partial charge in [-0.1, -0.05) is 12.1 Å². The minimum Gasteiger partial charge on any atom is -0.497 e. The average molecular weight is 404 g/mol. The molecule has 1 aromatic carbocycles. The molecule has 3 amide bonds. The van der Waals surface area contributed by atoms with E-state index < -0.39 is 0 Å². The highest BCUT2D eigenvalue weighted by Gasteiger charge is 2.41. The lowest BCUT2D eigenvalue weighted by molar-refractivity contribution is -0.138. The van der Waals surface area contributed by atoms with Gasteiger partial charge in [0.2, 0.25) is 5.91 Å². The molecule has 1 spiro atoms. The number of carbonyl (C=O) groups excluding carboxylic acids is 2. The van der Waals surface area contributed by atoms with Crippen molar-refractivity contribution in [2.45, 2.75) is 44.2 Å². The summed E-state index contributed by atoms with van der Waals surface area (Å²) in [7, 11) is 5.25. The number of benzene rings is 1. The Kier molecular flexibility index (Phi) is 7.00. The van der Waals surface area contributed by atoms with Gasteiger partial charge in [0, 0.05) is 46.8 Å². The number of piperidine rings is 1. The molecule has 160 valence electrons. The molecule has 1 aromatic rings. The smallest absolute Gasteiger partial charge is 0.317 e. The van der Waals surface area contributed by atoms with Crippen LogP contribution in [0.3, 0.4) is 0 Å². The molecule has 2 fully saturated rings. The molecule has 1 unspecified atom stereocenters. The fraction of sp³-hybridized carbons (Fsp3) is 0.636. The second-order valence-corrected chi connectivity index (χ2v) is 8.38. The maximum absolute atomic E-state index is 12.5. The van der Waals surface area contributed by atoms with Gasteiger partial charge >= 0.3 is 6.03 Å². The Bertz CT molecular complexity index is 697. The van der Waals surface area contributed by atoms with Crippen molar-refractivity contribution in [1.29, 1.82) is 0 Å². The first-order valence-electron chi connectivity index (χ1n) is 10.4. The summed E-state index contributed by atoms with van der Waals surface area (Å²) in [6, 6.07) is 7.66. The molecule has 7 nitrogen and oxygen atoms in total. The molecule has 1 N–H and O–H groups in total. The Hall–Kier alpha value is -2.28. The number of hydrogen-bond donors (Lipinski definition) is 1. The van der Waals surface area contributed by atoms with Gasteiger partial charge in [0.25, 0.3) is 0 Å². The summed E-state index contributed by atoms with van der Waals surface area (Å²) in [5.74, 6) is 1.36. The van der Waals surface area contributed by atoms with E-state index in [9.17, 15) is 9.59 Å². The van der Waals surface area contributed by atoms with Crippen molar-refractivity contribution in [2.75, 3.05) is 40.9 Å². The van der Waals surface area contributed by atoms with E-state index in [2.05, 4.69) is 5.32 Å². The first-order valence-corrected chi connectivity index (χ1v) is 10.4. The topological polar surface area (TPSA) is 71.1 Å². The zero-order chi connectivity index (χ0) is 20.9. The summed E-state index contributed by atoms with van der Waals surface area (Å²) in [4.78, 5) is 28.1. The molecule has 0 aromatic heterocycles. The second-order valence-electron chi connectivity index (χ2n) is 8.38. The van der Waals surface area contributed by atoms with Gasteiger partial charge in [-0.3, -0.25) is 4.79 Å². The number of hydrogen-bond acceptors (Lipinski definition) is 4.